The summed E-state index contributed by atoms with van der Waals surface area (Å²) in [5.41, 5.74) is -1.57. The summed E-state index contributed by atoms with van der Waals surface area (Å²) in [5.74, 6) is -6.06. The summed E-state index contributed by atoms with van der Waals surface area (Å²) < 4.78 is 39.1. The zero-order valence-electron chi connectivity index (χ0n) is 25.7. The first-order valence-corrected chi connectivity index (χ1v) is 14.4. The quantitative estimate of drug-likeness (QED) is 0.110. The van der Waals surface area contributed by atoms with Crippen molar-refractivity contribution in [2.75, 3.05) is 34.5 Å². The van der Waals surface area contributed by atoms with Crippen molar-refractivity contribution in [3.63, 3.8) is 0 Å². The van der Waals surface area contributed by atoms with Crippen LogP contribution >= 0.6 is 0 Å². The fourth-order valence-corrected chi connectivity index (χ4v) is 5.88. The predicted molar refractivity (Wildman–Crippen MR) is 158 cm³/mol. The summed E-state index contributed by atoms with van der Waals surface area (Å²) in [7, 11) is 3.72. The lowest BCUT2D eigenvalue weighted by Crippen LogP contribution is -2.77. The third-order valence-electron chi connectivity index (χ3n) is 8.43. The van der Waals surface area contributed by atoms with E-state index < -0.39 is 108 Å². The van der Waals surface area contributed by atoms with Crippen molar-refractivity contribution in [1.82, 2.24) is 0 Å². The molecule has 10 unspecified atom stereocenters. The minimum Gasteiger partial charge on any atom is -0.504 e. The van der Waals surface area contributed by atoms with E-state index in [0.29, 0.717) is 0 Å². The number of fused-ring (bicyclic) bond motifs is 1. The van der Waals surface area contributed by atoms with E-state index in [9.17, 15) is 55.9 Å². The standard InChI is InChI=1S/C30H36O18/c1-42-12-5-4-10(6-11(12)33)25-27(21(37)17-13(45-25)7-14(43-2)26(44-3)20(17)36)48-30(28(41)23(39)19(35)16(9-32)47-30)29-24(40)22(38)18(34)15(8-31)46-29/h4-7,15-16,18-19,22-24,28-29,31-36,38-41H,8-9H2,1-3H3. The first-order valence-electron chi connectivity index (χ1n) is 14.4. The average Bonchev–Trinajstić information content (AvgIpc) is 3.08. The van der Waals surface area contributed by atoms with Crippen LogP contribution in [0.15, 0.2) is 33.5 Å². The van der Waals surface area contributed by atoms with Crippen molar-refractivity contribution in [2.45, 2.75) is 60.7 Å². The fourth-order valence-electron chi connectivity index (χ4n) is 5.88. The van der Waals surface area contributed by atoms with Crippen molar-refractivity contribution >= 4 is 11.0 Å². The summed E-state index contributed by atoms with van der Waals surface area (Å²) in [5, 5.41) is 106. The molecule has 3 aromatic rings. The Hall–Kier alpha value is -3.95. The molecule has 0 bridgehead atoms. The van der Waals surface area contributed by atoms with Gasteiger partial charge in [-0.1, -0.05) is 0 Å². The number of hydrogen-bond acceptors (Lipinski definition) is 18. The van der Waals surface area contributed by atoms with E-state index in [-0.39, 0.29) is 28.4 Å². The maximum absolute atomic E-state index is 14.4. The first-order chi connectivity index (χ1) is 22.8. The molecule has 2 aromatic carbocycles. The highest BCUT2D eigenvalue weighted by Crippen LogP contribution is 2.47. The van der Waals surface area contributed by atoms with Crippen LogP contribution in [0, 0.1) is 0 Å². The number of phenolic OH excluding ortho intramolecular Hbond substituents is 2. The number of hydrogen-bond donors (Lipinski definition) is 10. The molecule has 18 heteroatoms. The van der Waals surface area contributed by atoms with Gasteiger partial charge in [0.25, 0.3) is 5.79 Å². The largest absolute Gasteiger partial charge is 0.504 e. The Balaban J connectivity index is 1.85. The van der Waals surface area contributed by atoms with Crippen molar-refractivity contribution in [2.24, 2.45) is 0 Å². The molecule has 18 nitrogen and oxygen atoms in total. The molecule has 0 saturated carbocycles. The van der Waals surface area contributed by atoms with Crippen LogP contribution in [0.4, 0.5) is 0 Å². The summed E-state index contributed by atoms with van der Waals surface area (Å²) in [6.07, 6.45) is -18.5. The highest BCUT2D eigenvalue weighted by atomic mass is 16.8. The molecule has 0 spiro atoms. The number of rotatable bonds is 9. The molecule has 5 rings (SSSR count). The maximum atomic E-state index is 14.4. The zero-order valence-corrected chi connectivity index (χ0v) is 25.7. The molecular formula is C30H36O18. The highest BCUT2D eigenvalue weighted by molar-refractivity contribution is 5.91. The van der Waals surface area contributed by atoms with E-state index in [1.54, 1.807) is 0 Å². The van der Waals surface area contributed by atoms with Crippen LogP contribution < -0.4 is 24.4 Å². The molecule has 3 heterocycles. The Kier molecular flexibility index (Phi) is 9.96. The fraction of sp³-hybridized carbons (Fsp3) is 0.500. The van der Waals surface area contributed by atoms with Gasteiger partial charge in [0, 0.05) is 11.6 Å². The number of phenols is 2. The van der Waals surface area contributed by atoms with E-state index in [2.05, 4.69) is 0 Å². The molecule has 264 valence electrons. The Morgan fingerprint density at radius 1 is 0.771 bits per heavy atom. The van der Waals surface area contributed by atoms with Gasteiger partial charge in [0.2, 0.25) is 16.9 Å². The molecule has 2 fully saturated rings. The lowest BCUT2D eigenvalue weighted by molar-refractivity contribution is -0.396. The van der Waals surface area contributed by atoms with Crippen LogP contribution in [0.1, 0.15) is 0 Å². The lowest BCUT2D eigenvalue weighted by atomic mass is 9.83. The second-order valence-electron chi connectivity index (χ2n) is 11.1. The Bertz CT molecular complexity index is 1690. The molecule has 2 aliphatic heterocycles. The smallest absolute Gasteiger partial charge is 0.269 e. The lowest BCUT2D eigenvalue weighted by Gasteiger charge is -2.54. The monoisotopic (exact) mass is 684 g/mol. The van der Waals surface area contributed by atoms with Gasteiger partial charge >= 0.3 is 0 Å². The Morgan fingerprint density at radius 2 is 1.42 bits per heavy atom. The molecule has 10 N–H and O–H groups in total. The van der Waals surface area contributed by atoms with Crippen molar-refractivity contribution in [1.29, 1.82) is 0 Å². The third kappa shape index (κ3) is 5.54. The molecule has 2 aliphatic rings. The zero-order chi connectivity index (χ0) is 35.2. The van der Waals surface area contributed by atoms with Gasteiger partial charge < -0.3 is 83.9 Å². The number of methoxy groups -OCH3 is 3. The number of benzene rings is 2. The molecule has 48 heavy (non-hydrogen) atoms. The van der Waals surface area contributed by atoms with Gasteiger partial charge in [-0.3, -0.25) is 4.79 Å². The van der Waals surface area contributed by atoms with Gasteiger partial charge in [-0.25, -0.2) is 0 Å². The van der Waals surface area contributed by atoms with Crippen LogP contribution in [-0.2, 0) is 9.47 Å². The third-order valence-corrected chi connectivity index (χ3v) is 8.43. The highest BCUT2D eigenvalue weighted by Gasteiger charge is 2.65. The van der Waals surface area contributed by atoms with E-state index >= 15 is 0 Å². The number of aliphatic hydroxyl groups excluding tert-OH is 8. The normalized spacial score (nSPS) is 32.2. The van der Waals surface area contributed by atoms with Crippen LogP contribution in [-0.4, -0.2) is 146 Å². The second kappa shape index (κ2) is 13.5. The molecule has 1 aromatic heterocycles. The first kappa shape index (κ1) is 35.4. The number of ether oxygens (including phenoxy) is 6. The summed E-state index contributed by atoms with van der Waals surface area (Å²) >= 11 is 0. The van der Waals surface area contributed by atoms with E-state index in [4.69, 9.17) is 32.8 Å². The van der Waals surface area contributed by atoms with Gasteiger partial charge in [-0.2, -0.15) is 0 Å². The SMILES string of the molecule is COc1ccc(-c2oc3cc(OC)c(OC)c(O)c3c(=O)c2OC2(C3OC(CO)C(O)C(O)C3O)OC(CO)C(O)C(O)C2O)cc1O. The van der Waals surface area contributed by atoms with Crippen molar-refractivity contribution < 1.29 is 83.9 Å². The molecule has 2 saturated heterocycles. The molecular weight excluding hydrogens is 648 g/mol. The van der Waals surface area contributed by atoms with Gasteiger partial charge in [0.1, 0.15) is 53.7 Å². The maximum Gasteiger partial charge on any atom is 0.269 e. The van der Waals surface area contributed by atoms with E-state index in [1.165, 1.54) is 39.5 Å². The van der Waals surface area contributed by atoms with Crippen LogP contribution in [0.5, 0.6) is 34.5 Å². The van der Waals surface area contributed by atoms with Gasteiger partial charge in [0.05, 0.1) is 34.5 Å². The molecule has 0 amide bonds. The van der Waals surface area contributed by atoms with Gasteiger partial charge in [0.15, 0.2) is 41.0 Å². The second-order valence-corrected chi connectivity index (χ2v) is 11.1. The summed E-state index contributed by atoms with van der Waals surface area (Å²) in [6, 6.07) is 4.92. The Labute approximate surface area is 270 Å². The van der Waals surface area contributed by atoms with Crippen LogP contribution in [0.3, 0.4) is 0 Å². The van der Waals surface area contributed by atoms with Crippen LogP contribution in [0.2, 0.25) is 0 Å². The Morgan fingerprint density at radius 3 is 2.00 bits per heavy atom. The van der Waals surface area contributed by atoms with Crippen molar-refractivity contribution in [3.05, 3.63) is 34.5 Å². The van der Waals surface area contributed by atoms with Crippen LogP contribution in [0.25, 0.3) is 22.3 Å². The number of aliphatic hydroxyl groups is 8. The summed E-state index contributed by atoms with van der Waals surface area (Å²) in [4.78, 5) is 14.4. The van der Waals surface area contributed by atoms with E-state index in [1.807, 2.05) is 0 Å². The minimum atomic E-state index is -3.06. The summed E-state index contributed by atoms with van der Waals surface area (Å²) in [6.45, 7) is -1.98. The number of aromatic hydroxyl groups is 2. The van der Waals surface area contributed by atoms with Gasteiger partial charge in [-0.05, 0) is 18.2 Å². The topological polar surface area (TPSA) is 288 Å². The predicted octanol–water partition coefficient (Wildman–Crippen LogP) is -2.71. The van der Waals surface area contributed by atoms with Crippen molar-refractivity contribution in [3.8, 4) is 45.8 Å². The molecule has 0 radical (unpaired) electrons. The molecule has 0 aliphatic carbocycles. The van der Waals surface area contributed by atoms with E-state index in [0.717, 1.165) is 6.07 Å². The minimum absolute atomic E-state index is 0.0140. The molecule has 10 atom stereocenters. The average molecular weight is 685 g/mol. The van der Waals surface area contributed by atoms with Gasteiger partial charge in [-0.15, -0.1) is 0 Å².